The van der Waals surface area contributed by atoms with Crippen molar-refractivity contribution in [3.8, 4) is 0 Å². The average Bonchev–Trinajstić information content (AvgIpc) is 2.57. The third-order valence-electron chi connectivity index (χ3n) is 3.61. The lowest BCUT2D eigenvalue weighted by Gasteiger charge is -2.30. The molecule has 8 nitrogen and oxygen atoms in total. The van der Waals surface area contributed by atoms with Crippen molar-refractivity contribution in [1.29, 1.82) is 0 Å². The smallest absolute Gasteiger partial charge is 0.354 e. The second kappa shape index (κ2) is 7.62. The highest BCUT2D eigenvalue weighted by atomic mass is 16.5. The van der Waals surface area contributed by atoms with Crippen LogP contribution in [0.4, 0.5) is 0 Å². The van der Waals surface area contributed by atoms with Crippen LogP contribution in [0.2, 0.25) is 0 Å². The molecular weight excluding hydrogens is 316 g/mol. The number of carboxylic acids is 2. The molecule has 0 aliphatic carbocycles. The minimum Gasteiger partial charge on any atom is -0.477 e. The Hall–Kier alpha value is -2.84. The van der Waals surface area contributed by atoms with E-state index in [-0.39, 0.29) is 16.9 Å². The minimum absolute atomic E-state index is 0. The molecule has 0 atom stereocenters. The minimum atomic E-state index is -1.15. The SMILES string of the molecule is CCC(OC)(c1cccc(C(=O)O)n1)c1cccc(C(=O)O)n1.O. The zero-order valence-electron chi connectivity index (χ0n) is 13.2. The molecule has 24 heavy (non-hydrogen) atoms. The first-order chi connectivity index (χ1) is 10.9. The summed E-state index contributed by atoms with van der Waals surface area (Å²) in [5.74, 6) is -2.31. The summed E-state index contributed by atoms with van der Waals surface area (Å²) < 4.78 is 5.62. The summed E-state index contributed by atoms with van der Waals surface area (Å²) in [6.45, 7) is 1.83. The van der Waals surface area contributed by atoms with Gasteiger partial charge in [0.2, 0.25) is 0 Å². The first-order valence-corrected chi connectivity index (χ1v) is 6.91. The summed E-state index contributed by atoms with van der Waals surface area (Å²) in [4.78, 5) is 30.5. The van der Waals surface area contributed by atoms with E-state index in [1.165, 1.54) is 19.2 Å². The van der Waals surface area contributed by atoms with Crippen molar-refractivity contribution in [3.05, 3.63) is 59.2 Å². The molecule has 0 unspecified atom stereocenters. The summed E-state index contributed by atoms with van der Waals surface area (Å²) >= 11 is 0. The average molecular weight is 334 g/mol. The molecule has 0 aliphatic rings. The number of methoxy groups -OCH3 is 1. The van der Waals surface area contributed by atoms with Crippen LogP contribution in [0.3, 0.4) is 0 Å². The van der Waals surface area contributed by atoms with Gasteiger partial charge in [0, 0.05) is 7.11 Å². The van der Waals surface area contributed by atoms with Crippen LogP contribution in [-0.4, -0.2) is 44.7 Å². The van der Waals surface area contributed by atoms with E-state index < -0.39 is 17.5 Å². The molecule has 0 radical (unpaired) electrons. The van der Waals surface area contributed by atoms with Crippen molar-refractivity contribution in [3.63, 3.8) is 0 Å². The molecule has 0 amide bonds. The Bertz CT molecular complexity index is 683. The highest BCUT2D eigenvalue weighted by Gasteiger charge is 2.36. The molecule has 0 bridgehead atoms. The van der Waals surface area contributed by atoms with Gasteiger partial charge in [-0.3, -0.25) is 0 Å². The summed E-state index contributed by atoms with van der Waals surface area (Å²) in [5, 5.41) is 18.2. The summed E-state index contributed by atoms with van der Waals surface area (Å²) in [6, 6.07) is 9.15. The topological polar surface area (TPSA) is 141 Å². The fourth-order valence-electron chi connectivity index (χ4n) is 2.40. The standard InChI is InChI=1S/C16H16N2O5.H2O/c1-3-16(23-2,12-8-4-6-10(17-12)14(19)20)13-9-5-7-11(18-13)15(21)22;/h4-9H,3H2,1-2H3,(H,19,20)(H,21,22);1H2. The van der Waals surface area contributed by atoms with Gasteiger partial charge in [-0.25, -0.2) is 19.6 Å². The highest BCUT2D eigenvalue weighted by molar-refractivity contribution is 5.85. The van der Waals surface area contributed by atoms with Crippen molar-refractivity contribution < 1.29 is 30.0 Å². The quantitative estimate of drug-likeness (QED) is 0.812. The number of aromatic carboxylic acids is 2. The van der Waals surface area contributed by atoms with Crippen molar-refractivity contribution in [2.24, 2.45) is 0 Å². The van der Waals surface area contributed by atoms with Gasteiger partial charge >= 0.3 is 11.9 Å². The van der Waals surface area contributed by atoms with Crippen molar-refractivity contribution in [2.75, 3.05) is 7.11 Å². The Labute approximate surface area is 138 Å². The van der Waals surface area contributed by atoms with Crippen molar-refractivity contribution in [2.45, 2.75) is 18.9 Å². The Morgan fingerprint density at radius 2 is 1.42 bits per heavy atom. The van der Waals surface area contributed by atoms with E-state index in [1.54, 1.807) is 24.3 Å². The van der Waals surface area contributed by atoms with Crippen LogP contribution in [0.15, 0.2) is 36.4 Å². The molecule has 8 heteroatoms. The molecule has 0 saturated carbocycles. The molecule has 0 saturated heterocycles. The van der Waals surface area contributed by atoms with Gasteiger partial charge in [-0.2, -0.15) is 0 Å². The van der Waals surface area contributed by atoms with E-state index in [0.29, 0.717) is 17.8 Å². The molecule has 0 fully saturated rings. The first-order valence-electron chi connectivity index (χ1n) is 6.91. The Morgan fingerprint density at radius 1 is 1.00 bits per heavy atom. The second-order valence-corrected chi connectivity index (χ2v) is 4.81. The van der Waals surface area contributed by atoms with Gasteiger partial charge in [0.25, 0.3) is 0 Å². The van der Waals surface area contributed by atoms with Crippen LogP contribution in [0.1, 0.15) is 45.7 Å². The second-order valence-electron chi connectivity index (χ2n) is 4.81. The molecule has 128 valence electrons. The molecule has 0 aliphatic heterocycles. The van der Waals surface area contributed by atoms with E-state index in [0.717, 1.165) is 0 Å². The number of pyridine rings is 2. The van der Waals surface area contributed by atoms with Crippen LogP contribution >= 0.6 is 0 Å². The molecule has 2 heterocycles. The van der Waals surface area contributed by atoms with Gasteiger partial charge in [0.1, 0.15) is 11.4 Å². The fourth-order valence-corrected chi connectivity index (χ4v) is 2.40. The van der Waals surface area contributed by atoms with Crippen LogP contribution in [0.5, 0.6) is 0 Å². The third-order valence-corrected chi connectivity index (χ3v) is 3.61. The fraction of sp³-hybridized carbons (Fsp3) is 0.250. The Kier molecular flexibility index (Phi) is 6.10. The van der Waals surface area contributed by atoms with Crippen LogP contribution < -0.4 is 0 Å². The maximum absolute atomic E-state index is 11.1. The monoisotopic (exact) mass is 334 g/mol. The van der Waals surface area contributed by atoms with Gasteiger partial charge in [-0.15, -0.1) is 0 Å². The van der Waals surface area contributed by atoms with E-state index >= 15 is 0 Å². The van der Waals surface area contributed by atoms with Gasteiger partial charge < -0.3 is 20.4 Å². The number of carboxylic acid groups (broad SMARTS) is 2. The number of carbonyl (C=O) groups is 2. The Morgan fingerprint density at radius 3 is 1.71 bits per heavy atom. The van der Waals surface area contributed by atoms with Crippen LogP contribution in [0, 0.1) is 0 Å². The number of aromatic nitrogens is 2. The van der Waals surface area contributed by atoms with Gasteiger partial charge in [-0.1, -0.05) is 19.1 Å². The summed E-state index contributed by atoms with van der Waals surface area (Å²) in [5.41, 5.74) is -0.648. The first kappa shape index (κ1) is 19.2. The molecular formula is C16H18N2O6. The number of nitrogens with zero attached hydrogens (tertiary/aromatic N) is 2. The largest absolute Gasteiger partial charge is 0.477 e. The molecule has 2 rings (SSSR count). The van der Waals surface area contributed by atoms with Gasteiger partial charge in [0.15, 0.2) is 5.60 Å². The van der Waals surface area contributed by atoms with E-state index in [9.17, 15) is 9.59 Å². The normalized spacial score (nSPS) is 10.8. The summed E-state index contributed by atoms with van der Waals surface area (Å²) in [7, 11) is 1.45. The number of hydrogen-bond donors (Lipinski definition) is 2. The van der Waals surface area contributed by atoms with E-state index in [2.05, 4.69) is 9.97 Å². The van der Waals surface area contributed by atoms with Crippen molar-refractivity contribution >= 4 is 11.9 Å². The highest BCUT2D eigenvalue weighted by Crippen LogP contribution is 2.34. The number of hydrogen-bond acceptors (Lipinski definition) is 5. The lowest BCUT2D eigenvalue weighted by molar-refractivity contribution is 0.0109. The predicted molar refractivity (Wildman–Crippen MR) is 84.1 cm³/mol. The zero-order valence-corrected chi connectivity index (χ0v) is 13.2. The van der Waals surface area contributed by atoms with Gasteiger partial charge in [0.05, 0.1) is 11.4 Å². The lowest BCUT2D eigenvalue weighted by Crippen LogP contribution is -2.32. The van der Waals surface area contributed by atoms with E-state index in [4.69, 9.17) is 14.9 Å². The summed E-state index contributed by atoms with van der Waals surface area (Å²) in [6.07, 6.45) is 0.398. The van der Waals surface area contributed by atoms with Crippen LogP contribution in [0.25, 0.3) is 0 Å². The van der Waals surface area contributed by atoms with Gasteiger partial charge in [-0.05, 0) is 30.7 Å². The number of rotatable bonds is 6. The van der Waals surface area contributed by atoms with E-state index in [1.807, 2.05) is 6.92 Å². The maximum atomic E-state index is 11.1. The van der Waals surface area contributed by atoms with Crippen LogP contribution in [-0.2, 0) is 10.3 Å². The Balaban J connectivity index is 0.00000288. The molecule has 2 aromatic rings. The van der Waals surface area contributed by atoms with Crippen molar-refractivity contribution in [1.82, 2.24) is 9.97 Å². The molecule has 2 aromatic heterocycles. The molecule has 0 aromatic carbocycles. The molecule has 0 spiro atoms. The third kappa shape index (κ3) is 3.39. The maximum Gasteiger partial charge on any atom is 0.354 e. The number of ether oxygens (including phenoxy) is 1. The lowest BCUT2D eigenvalue weighted by atomic mass is 9.90. The predicted octanol–water partition coefficient (Wildman–Crippen LogP) is 1.35. The molecule has 4 N–H and O–H groups in total. The zero-order chi connectivity index (χ0) is 17.0.